The summed E-state index contributed by atoms with van der Waals surface area (Å²) in [5, 5.41) is 32.3. The van der Waals surface area contributed by atoms with Crippen LogP contribution < -0.4 is 21.3 Å². The Morgan fingerprint density at radius 2 is 0.907 bits per heavy atom. The standard InChI is InChI=1S/C27H34N6O10/c1-25(2,3)42-23(36)30-19-13-15(32(38)39)9-11-17(19)28-21(34)27(7,8)22(35)29-18-12-10-16(33(40)41)14-20(18)31-24(37)43-26(4,5)6/h9-14H,1-8H3,(H,28,34)(H,29,35)(H,30,36)(H,31,37). The van der Waals surface area contributed by atoms with Crippen molar-refractivity contribution in [1.29, 1.82) is 0 Å². The van der Waals surface area contributed by atoms with Gasteiger partial charge in [-0.1, -0.05) is 0 Å². The van der Waals surface area contributed by atoms with Crippen molar-refractivity contribution in [2.45, 2.75) is 66.6 Å². The number of rotatable bonds is 8. The molecule has 0 bridgehead atoms. The van der Waals surface area contributed by atoms with Gasteiger partial charge in [-0.25, -0.2) is 9.59 Å². The second-order valence-corrected chi connectivity index (χ2v) is 11.8. The number of carbonyl (C=O) groups is 4. The van der Waals surface area contributed by atoms with Gasteiger partial charge in [0.25, 0.3) is 11.4 Å². The van der Waals surface area contributed by atoms with Gasteiger partial charge >= 0.3 is 12.2 Å². The van der Waals surface area contributed by atoms with Gasteiger partial charge < -0.3 is 20.1 Å². The fourth-order valence-corrected chi connectivity index (χ4v) is 3.20. The second kappa shape index (κ2) is 12.7. The Kier molecular flexibility index (Phi) is 10.0. The molecule has 0 aromatic heterocycles. The molecule has 2 aromatic carbocycles. The van der Waals surface area contributed by atoms with Crippen molar-refractivity contribution in [3.63, 3.8) is 0 Å². The highest BCUT2D eigenvalue weighted by Gasteiger charge is 2.37. The minimum atomic E-state index is -1.82. The van der Waals surface area contributed by atoms with Crippen LogP contribution in [0.25, 0.3) is 0 Å². The number of nitrogens with zero attached hydrogens (tertiary/aromatic N) is 2. The Bertz CT molecular complexity index is 1350. The van der Waals surface area contributed by atoms with Crippen LogP contribution in [0, 0.1) is 25.6 Å². The van der Waals surface area contributed by atoms with Crippen LogP contribution in [0.4, 0.5) is 43.7 Å². The first kappa shape index (κ1) is 33.9. The third-order valence-corrected chi connectivity index (χ3v) is 5.33. The molecule has 232 valence electrons. The first-order valence-corrected chi connectivity index (χ1v) is 12.8. The molecular formula is C27H34N6O10. The number of nitrogens with one attached hydrogen (secondary N) is 4. The van der Waals surface area contributed by atoms with E-state index < -0.39 is 50.5 Å². The van der Waals surface area contributed by atoms with Crippen LogP contribution in [0.3, 0.4) is 0 Å². The SMILES string of the molecule is CC(C)(C)OC(=O)Nc1cc([N+](=O)[O-])ccc1NC(=O)C(C)(C)C(=O)Nc1ccc([N+](=O)[O-])cc1NC(=O)OC(C)(C)C. The first-order valence-electron chi connectivity index (χ1n) is 12.8. The lowest BCUT2D eigenvalue weighted by Gasteiger charge is -2.25. The molecule has 4 N–H and O–H groups in total. The maximum absolute atomic E-state index is 13.3. The van der Waals surface area contributed by atoms with E-state index in [1.807, 2.05) is 0 Å². The fraction of sp³-hybridized carbons (Fsp3) is 0.407. The molecule has 2 rings (SSSR count). The van der Waals surface area contributed by atoms with Crippen LogP contribution in [0.15, 0.2) is 36.4 Å². The smallest absolute Gasteiger partial charge is 0.412 e. The highest BCUT2D eigenvalue weighted by Crippen LogP contribution is 2.32. The molecule has 0 fully saturated rings. The lowest BCUT2D eigenvalue weighted by molar-refractivity contribution is -0.385. The van der Waals surface area contributed by atoms with E-state index in [1.165, 1.54) is 26.0 Å². The molecule has 4 amide bonds. The Morgan fingerprint density at radius 1 is 0.581 bits per heavy atom. The monoisotopic (exact) mass is 602 g/mol. The van der Waals surface area contributed by atoms with Gasteiger partial charge in [-0.2, -0.15) is 0 Å². The third-order valence-electron chi connectivity index (χ3n) is 5.33. The van der Waals surface area contributed by atoms with Crippen molar-refractivity contribution in [3.05, 3.63) is 56.6 Å². The topological polar surface area (TPSA) is 221 Å². The molecule has 16 heteroatoms. The Labute approximate surface area is 246 Å². The van der Waals surface area contributed by atoms with E-state index in [-0.39, 0.29) is 34.1 Å². The van der Waals surface area contributed by atoms with Crippen molar-refractivity contribution in [1.82, 2.24) is 0 Å². The van der Waals surface area contributed by atoms with Crippen LogP contribution in [0.2, 0.25) is 0 Å². The summed E-state index contributed by atoms with van der Waals surface area (Å²) in [7, 11) is 0. The highest BCUT2D eigenvalue weighted by atomic mass is 16.6. The lowest BCUT2D eigenvalue weighted by atomic mass is 9.90. The number of non-ortho nitro benzene ring substituents is 2. The van der Waals surface area contributed by atoms with Gasteiger partial charge in [-0.3, -0.25) is 40.5 Å². The van der Waals surface area contributed by atoms with Gasteiger partial charge in [-0.05, 0) is 67.5 Å². The van der Waals surface area contributed by atoms with Gasteiger partial charge in [0.15, 0.2) is 0 Å². The first-order chi connectivity index (χ1) is 19.6. The van der Waals surface area contributed by atoms with Crippen LogP contribution in [0.5, 0.6) is 0 Å². The maximum atomic E-state index is 13.3. The Morgan fingerprint density at radius 3 is 1.19 bits per heavy atom. The summed E-state index contributed by atoms with van der Waals surface area (Å²) < 4.78 is 10.4. The molecule has 0 spiro atoms. The van der Waals surface area contributed by atoms with Crippen LogP contribution in [-0.4, -0.2) is 45.0 Å². The molecule has 0 aliphatic carbocycles. The largest absolute Gasteiger partial charge is 0.444 e. The van der Waals surface area contributed by atoms with Crippen LogP contribution >= 0.6 is 0 Å². The van der Waals surface area contributed by atoms with Gasteiger partial charge in [0.05, 0.1) is 32.6 Å². The molecule has 0 heterocycles. The van der Waals surface area contributed by atoms with Crippen molar-refractivity contribution in [3.8, 4) is 0 Å². The average Bonchev–Trinajstić information content (AvgIpc) is 2.83. The predicted molar refractivity (Wildman–Crippen MR) is 157 cm³/mol. The minimum Gasteiger partial charge on any atom is -0.444 e. The number of carbonyl (C=O) groups excluding carboxylic acids is 4. The Balaban J connectivity index is 2.34. The molecule has 0 saturated heterocycles. The number of hydrogen-bond donors (Lipinski definition) is 4. The van der Waals surface area contributed by atoms with Gasteiger partial charge in [-0.15, -0.1) is 0 Å². The minimum absolute atomic E-state index is 0.0649. The molecule has 0 radical (unpaired) electrons. The summed E-state index contributed by atoms with van der Waals surface area (Å²) in [6, 6.07) is 6.56. The number of hydrogen-bond acceptors (Lipinski definition) is 10. The van der Waals surface area contributed by atoms with E-state index in [0.29, 0.717) is 0 Å². The van der Waals surface area contributed by atoms with Gasteiger partial charge in [0, 0.05) is 24.3 Å². The predicted octanol–water partition coefficient (Wildman–Crippen LogP) is 5.80. The van der Waals surface area contributed by atoms with Crippen LogP contribution in [-0.2, 0) is 19.1 Å². The van der Waals surface area contributed by atoms with Crippen molar-refractivity contribution >= 4 is 58.1 Å². The molecule has 0 unspecified atom stereocenters. The van der Waals surface area contributed by atoms with E-state index in [1.54, 1.807) is 41.5 Å². The van der Waals surface area contributed by atoms with Gasteiger partial charge in [0.1, 0.15) is 16.6 Å². The second-order valence-electron chi connectivity index (χ2n) is 11.8. The summed E-state index contributed by atoms with van der Waals surface area (Å²) in [5.74, 6) is -1.76. The number of nitro benzene ring substituents is 2. The number of ether oxygens (including phenoxy) is 2. The van der Waals surface area contributed by atoms with Crippen molar-refractivity contribution in [2.75, 3.05) is 21.3 Å². The van der Waals surface area contributed by atoms with E-state index >= 15 is 0 Å². The van der Waals surface area contributed by atoms with E-state index in [9.17, 15) is 39.4 Å². The Hall–Kier alpha value is -5.28. The van der Waals surface area contributed by atoms with Gasteiger partial charge in [0.2, 0.25) is 11.8 Å². The fourth-order valence-electron chi connectivity index (χ4n) is 3.20. The van der Waals surface area contributed by atoms with E-state index in [0.717, 1.165) is 24.3 Å². The van der Waals surface area contributed by atoms with Crippen molar-refractivity contribution < 1.29 is 38.5 Å². The number of amides is 4. The van der Waals surface area contributed by atoms with Crippen molar-refractivity contribution in [2.24, 2.45) is 5.41 Å². The quantitative estimate of drug-likeness (QED) is 0.161. The number of nitro groups is 2. The lowest BCUT2D eigenvalue weighted by Crippen LogP contribution is -2.42. The zero-order valence-corrected chi connectivity index (χ0v) is 24.9. The molecule has 0 aliphatic heterocycles. The maximum Gasteiger partial charge on any atom is 0.412 e. The molecule has 43 heavy (non-hydrogen) atoms. The average molecular weight is 603 g/mol. The molecule has 0 aliphatic rings. The molecule has 2 aromatic rings. The number of anilines is 4. The van der Waals surface area contributed by atoms with E-state index in [4.69, 9.17) is 9.47 Å². The summed E-state index contributed by atoms with van der Waals surface area (Å²) in [5.41, 5.74) is -4.81. The van der Waals surface area contributed by atoms with Crippen LogP contribution in [0.1, 0.15) is 55.4 Å². The molecule has 0 atom stereocenters. The van der Waals surface area contributed by atoms with E-state index in [2.05, 4.69) is 21.3 Å². The normalized spacial score (nSPS) is 11.5. The highest BCUT2D eigenvalue weighted by molar-refractivity contribution is 6.15. The summed E-state index contributed by atoms with van der Waals surface area (Å²) in [6.07, 6.45) is -1.88. The number of benzene rings is 2. The summed E-state index contributed by atoms with van der Waals surface area (Å²) in [6.45, 7) is 12.2. The zero-order valence-electron chi connectivity index (χ0n) is 24.9. The third kappa shape index (κ3) is 9.94. The molecule has 0 saturated carbocycles. The molecular weight excluding hydrogens is 568 g/mol. The summed E-state index contributed by atoms with van der Waals surface area (Å²) >= 11 is 0. The summed E-state index contributed by atoms with van der Waals surface area (Å²) in [4.78, 5) is 72.5. The molecule has 16 nitrogen and oxygen atoms in total. The zero-order chi connectivity index (χ0) is 32.9.